The van der Waals surface area contributed by atoms with E-state index in [0.717, 1.165) is 33.3 Å². The molecule has 1 amide bonds. The Kier molecular flexibility index (Phi) is 7.11. The fraction of sp³-hybridized carbons (Fsp3) is 0.194. The van der Waals surface area contributed by atoms with Crippen LogP contribution >= 0.6 is 11.3 Å². The van der Waals surface area contributed by atoms with Gasteiger partial charge < -0.3 is 9.84 Å². The van der Waals surface area contributed by atoms with E-state index in [1.54, 1.807) is 6.08 Å². The molecule has 38 heavy (non-hydrogen) atoms. The fourth-order valence-corrected chi connectivity index (χ4v) is 5.79. The first-order valence-corrected chi connectivity index (χ1v) is 13.3. The Morgan fingerprint density at radius 2 is 1.84 bits per heavy atom. The number of benzene rings is 3. The number of aromatic nitrogens is 1. The highest BCUT2D eigenvalue weighted by atomic mass is 32.1. The minimum absolute atomic E-state index is 0.0246. The maximum atomic E-state index is 13.5. The number of aliphatic hydroxyl groups is 1. The monoisotopic (exact) mass is 524 g/mol. The molecular formula is C31H28N2O4S. The van der Waals surface area contributed by atoms with Crippen LogP contribution in [0.25, 0.3) is 16.3 Å². The van der Waals surface area contributed by atoms with E-state index in [1.165, 1.54) is 22.3 Å². The highest BCUT2D eigenvalue weighted by Crippen LogP contribution is 2.44. The summed E-state index contributed by atoms with van der Waals surface area (Å²) in [5.74, 6) is -0.948. The molecule has 1 aliphatic rings. The van der Waals surface area contributed by atoms with Crippen LogP contribution < -0.4 is 9.64 Å². The number of allylic oxidation sites excluding steroid dienone is 1. The Morgan fingerprint density at radius 1 is 1.11 bits per heavy atom. The number of ketones is 1. The summed E-state index contributed by atoms with van der Waals surface area (Å²) in [6.07, 6.45) is 3.96. The number of carbonyl (C=O) groups is 2. The Morgan fingerprint density at radius 3 is 2.55 bits per heavy atom. The summed E-state index contributed by atoms with van der Waals surface area (Å²) < 4.78 is 6.66. The van der Waals surface area contributed by atoms with Gasteiger partial charge in [-0.15, -0.1) is 0 Å². The van der Waals surface area contributed by atoms with Crippen LogP contribution in [-0.4, -0.2) is 28.4 Å². The molecule has 0 spiro atoms. The number of thiazole rings is 1. The molecular weight excluding hydrogens is 496 g/mol. The quantitative estimate of drug-likeness (QED) is 0.254. The second-order valence-corrected chi connectivity index (χ2v) is 10.3. The predicted molar refractivity (Wildman–Crippen MR) is 152 cm³/mol. The maximum Gasteiger partial charge on any atom is 0.296 e. The molecule has 0 bridgehead atoms. The number of anilines is 1. The molecule has 192 valence electrons. The van der Waals surface area contributed by atoms with Gasteiger partial charge >= 0.3 is 0 Å². The third-order valence-corrected chi connectivity index (χ3v) is 7.40. The summed E-state index contributed by atoms with van der Waals surface area (Å²) in [5.41, 5.74) is 4.44. The molecule has 0 radical (unpaired) electrons. The van der Waals surface area contributed by atoms with Gasteiger partial charge in [0.05, 0.1) is 28.4 Å². The highest BCUT2D eigenvalue weighted by Gasteiger charge is 2.45. The van der Waals surface area contributed by atoms with Crippen molar-refractivity contribution in [3.63, 3.8) is 0 Å². The summed E-state index contributed by atoms with van der Waals surface area (Å²) in [4.78, 5) is 33.2. The van der Waals surface area contributed by atoms with Gasteiger partial charge in [-0.25, -0.2) is 4.98 Å². The molecule has 0 saturated carbocycles. The Bertz CT molecular complexity index is 1570. The number of ether oxygens (including phenoxy) is 1. The van der Waals surface area contributed by atoms with Crippen LogP contribution in [0.5, 0.6) is 5.75 Å². The zero-order valence-corrected chi connectivity index (χ0v) is 22.3. The van der Waals surface area contributed by atoms with Crippen molar-refractivity contribution in [1.82, 2.24) is 4.98 Å². The van der Waals surface area contributed by atoms with Crippen molar-refractivity contribution in [3.05, 3.63) is 106 Å². The van der Waals surface area contributed by atoms with Crippen LogP contribution in [-0.2, 0) is 9.59 Å². The average Bonchev–Trinajstić information content (AvgIpc) is 3.45. The number of fused-ring (bicyclic) bond motifs is 1. The van der Waals surface area contributed by atoms with E-state index in [2.05, 4.69) is 0 Å². The largest absolute Gasteiger partial charge is 0.503 e. The third kappa shape index (κ3) is 4.85. The number of carbonyl (C=O) groups excluding carboxylic acids is 2. The van der Waals surface area contributed by atoms with Crippen molar-refractivity contribution in [3.8, 4) is 5.75 Å². The molecule has 6 nitrogen and oxygen atoms in total. The molecule has 7 heteroatoms. The number of aliphatic hydroxyl groups excluding tert-OH is 1. The lowest BCUT2D eigenvalue weighted by atomic mass is 9.95. The molecule has 1 aromatic heterocycles. The molecule has 0 aliphatic carbocycles. The zero-order valence-electron chi connectivity index (χ0n) is 21.5. The molecule has 0 fully saturated rings. The second kappa shape index (κ2) is 10.6. The molecule has 1 N–H and O–H groups in total. The van der Waals surface area contributed by atoms with Crippen molar-refractivity contribution < 1.29 is 19.4 Å². The lowest BCUT2D eigenvalue weighted by Gasteiger charge is -2.24. The van der Waals surface area contributed by atoms with Gasteiger partial charge in [-0.1, -0.05) is 72.9 Å². The van der Waals surface area contributed by atoms with Crippen molar-refractivity contribution in [1.29, 1.82) is 0 Å². The van der Waals surface area contributed by atoms with E-state index in [-0.39, 0.29) is 5.57 Å². The summed E-state index contributed by atoms with van der Waals surface area (Å²) in [6.45, 7) is 6.62. The summed E-state index contributed by atoms with van der Waals surface area (Å²) in [6, 6.07) is 19.9. The summed E-state index contributed by atoms with van der Waals surface area (Å²) in [7, 11) is 0. The molecule has 2 heterocycles. The maximum absolute atomic E-state index is 13.5. The smallest absolute Gasteiger partial charge is 0.296 e. The van der Waals surface area contributed by atoms with Crippen molar-refractivity contribution in [2.24, 2.45) is 0 Å². The number of nitrogens with zero attached hydrogens (tertiary/aromatic N) is 2. The average molecular weight is 525 g/mol. The van der Waals surface area contributed by atoms with Crippen LogP contribution in [0.3, 0.4) is 0 Å². The Balaban J connectivity index is 1.59. The van der Waals surface area contributed by atoms with E-state index < -0.39 is 23.5 Å². The molecule has 5 rings (SSSR count). The molecule has 1 unspecified atom stereocenters. The summed E-state index contributed by atoms with van der Waals surface area (Å²) in [5, 5.41) is 11.4. The van der Waals surface area contributed by atoms with E-state index >= 15 is 0 Å². The first-order valence-electron chi connectivity index (χ1n) is 12.5. The van der Waals surface area contributed by atoms with Gasteiger partial charge in [-0.05, 0) is 66.8 Å². The van der Waals surface area contributed by atoms with E-state index in [1.807, 2.05) is 87.5 Å². The number of hydrogen-bond acceptors (Lipinski definition) is 6. The van der Waals surface area contributed by atoms with Crippen LogP contribution in [0.15, 0.2) is 84.1 Å². The van der Waals surface area contributed by atoms with Gasteiger partial charge in [0.25, 0.3) is 5.91 Å². The van der Waals surface area contributed by atoms with Gasteiger partial charge in [0.2, 0.25) is 0 Å². The Hall–Kier alpha value is -4.23. The minimum Gasteiger partial charge on any atom is -0.503 e. The lowest BCUT2D eigenvalue weighted by molar-refractivity contribution is -0.117. The SMILES string of the molecule is CCCOc1ccc(C2C(C(=O)C=Cc3ccccc3)=C(O)C(=O)N2c2nc3c(C)cc(C)cc3s2)cc1. The third-order valence-electron chi connectivity index (χ3n) is 6.39. The van der Waals surface area contributed by atoms with Gasteiger partial charge in [0.15, 0.2) is 16.7 Å². The van der Waals surface area contributed by atoms with Crippen molar-refractivity contribution >= 4 is 44.5 Å². The van der Waals surface area contributed by atoms with Crippen LogP contribution in [0.1, 0.15) is 41.6 Å². The standard InChI is InChI=1S/C31H28N2O4S/c1-4-16-37-23-13-11-22(12-14-23)28-26(24(34)15-10-21-8-6-5-7-9-21)29(35)30(36)33(28)31-32-27-20(3)17-19(2)18-25(27)38-31/h5-15,17-18,28,35H,4,16H2,1-3H3. The van der Waals surface area contributed by atoms with Crippen LogP contribution in [0.2, 0.25) is 0 Å². The topological polar surface area (TPSA) is 79.7 Å². The van der Waals surface area contributed by atoms with E-state index in [0.29, 0.717) is 23.1 Å². The molecule has 0 saturated heterocycles. The van der Waals surface area contributed by atoms with Gasteiger partial charge in [-0.3, -0.25) is 14.5 Å². The highest BCUT2D eigenvalue weighted by molar-refractivity contribution is 7.22. The van der Waals surface area contributed by atoms with Crippen molar-refractivity contribution in [2.75, 3.05) is 11.5 Å². The lowest BCUT2D eigenvalue weighted by Crippen LogP contribution is -2.30. The Labute approximate surface area is 225 Å². The van der Waals surface area contributed by atoms with Gasteiger partial charge in [0, 0.05) is 0 Å². The summed E-state index contributed by atoms with van der Waals surface area (Å²) >= 11 is 1.37. The van der Waals surface area contributed by atoms with Crippen LogP contribution in [0.4, 0.5) is 5.13 Å². The number of hydrogen-bond donors (Lipinski definition) is 1. The molecule has 1 aliphatic heterocycles. The number of rotatable bonds is 8. The number of amides is 1. The molecule has 3 aromatic carbocycles. The number of aryl methyl sites for hydroxylation is 2. The second-order valence-electron chi connectivity index (χ2n) is 9.29. The molecule has 1 atom stereocenters. The first-order chi connectivity index (χ1) is 18.4. The fourth-order valence-electron chi connectivity index (χ4n) is 4.62. The molecule has 4 aromatic rings. The van der Waals surface area contributed by atoms with E-state index in [4.69, 9.17) is 9.72 Å². The minimum atomic E-state index is -0.836. The predicted octanol–water partition coefficient (Wildman–Crippen LogP) is 6.88. The van der Waals surface area contributed by atoms with Gasteiger partial charge in [0.1, 0.15) is 5.75 Å². The normalized spacial score (nSPS) is 15.7. The first kappa shape index (κ1) is 25.4. The zero-order chi connectivity index (χ0) is 26.8. The van der Waals surface area contributed by atoms with E-state index in [9.17, 15) is 14.7 Å². The van der Waals surface area contributed by atoms with Gasteiger partial charge in [-0.2, -0.15) is 0 Å². The van der Waals surface area contributed by atoms with Crippen LogP contribution in [0, 0.1) is 13.8 Å². The van der Waals surface area contributed by atoms with Crippen molar-refractivity contribution in [2.45, 2.75) is 33.2 Å².